The summed E-state index contributed by atoms with van der Waals surface area (Å²) in [4.78, 5) is 14.1. The molecule has 124 valence electrons. The third-order valence-corrected chi connectivity index (χ3v) is 4.80. The van der Waals surface area contributed by atoms with E-state index in [0.29, 0.717) is 41.4 Å². The molecular weight excluding hydrogens is 337 g/mol. The Morgan fingerprint density at radius 1 is 1.43 bits per heavy atom. The minimum Gasteiger partial charge on any atom is -0.314 e. The van der Waals surface area contributed by atoms with Crippen molar-refractivity contribution in [2.45, 2.75) is 12.5 Å². The Morgan fingerprint density at radius 3 is 2.87 bits per heavy atom. The van der Waals surface area contributed by atoms with Crippen molar-refractivity contribution >= 4 is 40.6 Å². The number of hydrogen-bond acceptors (Lipinski definition) is 5. The van der Waals surface area contributed by atoms with Gasteiger partial charge in [0.1, 0.15) is 5.84 Å². The number of nitrogens with one attached hydrogen (secondary N) is 2. The van der Waals surface area contributed by atoms with Crippen molar-refractivity contribution in [1.29, 1.82) is 0 Å². The van der Waals surface area contributed by atoms with Crippen LogP contribution in [0.25, 0.3) is 0 Å². The molecule has 0 aliphatic carbocycles. The van der Waals surface area contributed by atoms with Crippen molar-refractivity contribution in [1.82, 2.24) is 15.5 Å². The smallest absolute Gasteiger partial charge is 0.239 e. The number of likely N-dealkylation sites (N-methyl/N-ethyl adjacent to an activating group) is 1. The van der Waals surface area contributed by atoms with Gasteiger partial charge >= 0.3 is 0 Å². The maximum absolute atomic E-state index is 12.1. The molecule has 1 amide bonds. The van der Waals surface area contributed by atoms with Gasteiger partial charge in [0.05, 0.1) is 22.3 Å². The van der Waals surface area contributed by atoms with E-state index >= 15 is 0 Å². The molecular formula is C15H19Cl2N5O. The lowest BCUT2D eigenvalue weighted by Gasteiger charge is -2.35. The second-order valence-corrected chi connectivity index (χ2v) is 6.61. The van der Waals surface area contributed by atoms with Crippen LogP contribution >= 0.6 is 23.2 Å². The van der Waals surface area contributed by atoms with Crippen LogP contribution in [0.4, 0.5) is 5.69 Å². The van der Waals surface area contributed by atoms with Crippen LogP contribution in [-0.4, -0.2) is 55.9 Å². The SMILES string of the molecule is CN(CC(=O)NC1=NN(c2ccc(Cl)c(Cl)c2)CC1)C1CNC1. The number of carbonyl (C=O) groups is 1. The van der Waals surface area contributed by atoms with E-state index in [2.05, 4.69) is 20.6 Å². The number of rotatable bonds is 4. The van der Waals surface area contributed by atoms with E-state index in [1.54, 1.807) is 12.1 Å². The second-order valence-electron chi connectivity index (χ2n) is 5.79. The summed E-state index contributed by atoms with van der Waals surface area (Å²) < 4.78 is 0. The highest BCUT2D eigenvalue weighted by Crippen LogP contribution is 2.28. The molecule has 1 aromatic rings. The van der Waals surface area contributed by atoms with E-state index < -0.39 is 0 Å². The molecule has 2 aliphatic rings. The topological polar surface area (TPSA) is 60.0 Å². The largest absolute Gasteiger partial charge is 0.314 e. The fourth-order valence-electron chi connectivity index (χ4n) is 2.52. The number of carbonyl (C=O) groups excluding carboxylic acids is 1. The Kier molecular flexibility index (Phi) is 5.06. The first-order chi connectivity index (χ1) is 11.0. The van der Waals surface area contributed by atoms with Crippen LogP contribution in [0.3, 0.4) is 0 Å². The highest BCUT2D eigenvalue weighted by Gasteiger charge is 2.24. The van der Waals surface area contributed by atoms with Crippen molar-refractivity contribution in [3.8, 4) is 0 Å². The first kappa shape index (κ1) is 16.5. The van der Waals surface area contributed by atoms with Crippen molar-refractivity contribution in [2.75, 3.05) is 38.2 Å². The molecule has 23 heavy (non-hydrogen) atoms. The van der Waals surface area contributed by atoms with Gasteiger partial charge in [-0.05, 0) is 25.2 Å². The zero-order valence-corrected chi connectivity index (χ0v) is 14.4. The number of hydrazone groups is 1. The molecule has 1 aromatic carbocycles. The Labute approximate surface area is 145 Å². The van der Waals surface area contributed by atoms with Crippen LogP contribution in [-0.2, 0) is 4.79 Å². The molecule has 1 fully saturated rings. The first-order valence-corrected chi connectivity index (χ1v) is 8.29. The van der Waals surface area contributed by atoms with Crippen molar-refractivity contribution in [3.05, 3.63) is 28.2 Å². The molecule has 2 heterocycles. The van der Waals surface area contributed by atoms with E-state index in [1.165, 1.54) is 0 Å². The number of nitrogens with zero attached hydrogens (tertiary/aromatic N) is 3. The molecule has 3 rings (SSSR count). The zero-order valence-electron chi connectivity index (χ0n) is 12.9. The van der Waals surface area contributed by atoms with Gasteiger partial charge in [-0.1, -0.05) is 23.2 Å². The van der Waals surface area contributed by atoms with Crippen LogP contribution in [0.2, 0.25) is 10.0 Å². The van der Waals surface area contributed by atoms with Gasteiger partial charge in [0, 0.05) is 32.1 Å². The van der Waals surface area contributed by atoms with E-state index in [-0.39, 0.29) is 5.91 Å². The highest BCUT2D eigenvalue weighted by atomic mass is 35.5. The Morgan fingerprint density at radius 2 is 2.22 bits per heavy atom. The second kappa shape index (κ2) is 7.05. The number of amidine groups is 1. The molecule has 0 aromatic heterocycles. The monoisotopic (exact) mass is 355 g/mol. The first-order valence-electron chi connectivity index (χ1n) is 7.54. The van der Waals surface area contributed by atoms with Gasteiger partial charge < -0.3 is 10.6 Å². The van der Waals surface area contributed by atoms with Gasteiger partial charge in [0.25, 0.3) is 0 Å². The van der Waals surface area contributed by atoms with E-state index in [1.807, 2.05) is 18.1 Å². The summed E-state index contributed by atoms with van der Waals surface area (Å²) in [7, 11) is 1.96. The Hall–Kier alpha value is -1.34. The maximum Gasteiger partial charge on any atom is 0.239 e. The highest BCUT2D eigenvalue weighted by molar-refractivity contribution is 6.42. The number of halogens is 2. The minimum atomic E-state index is -0.0332. The number of amides is 1. The van der Waals surface area contributed by atoms with Crippen LogP contribution < -0.4 is 15.6 Å². The number of hydrogen-bond donors (Lipinski definition) is 2. The van der Waals surface area contributed by atoms with Gasteiger partial charge in [-0.3, -0.25) is 14.7 Å². The van der Waals surface area contributed by atoms with Gasteiger partial charge in [0.15, 0.2) is 0 Å². The minimum absolute atomic E-state index is 0.0332. The van der Waals surface area contributed by atoms with Crippen molar-refractivity contribution in [3.63, 3.8) is 0 Å². The molecule has 0 bridgehead atoms. The summed E-state index contributed by atoms with van der Waals surface area (Å²) in [6, 6.07) is 5.82. The predicted octanol–water partition coefficient (Wildman–Crippen LogP) is 1.54. The third kappa shape index (κ3) is 3.95. The molecule has 0 atom stereocenters. The number of benzene rings is 1. The Bertz CT molecular complexity index is 632. The Balaban J connectivity index is 1.56. The van der Waals surface area contributed by atoms with Crippen LogP contribution in [0.15, 0.2) is 23.3 Å². The normalized spacial score (nSPS) is 18.1. The third-order valence-electron chi connectivity index (χ3n) is 4.06. The standard InChI is InChI=1S/C15H19Cl2N5O/c1-21(11-7-18-8-11)9-15(23)19-14-4-5-22(20-14)10-2-3-12(16)13(17)6-10/h2-3,6,11,18H,4-5,7-9H2,1H3,(H,19,20,23). The van der Waals surface area contributed by atoms with E-state index in [4.69, 9.17) is 23.2 Å². The lowest BCUT2D eigenvalue weighted by Crippen LogP contribution is -2.57. The molecule has 0 spiro atoms. The average Bonchev–Trinajstić information content (AvgIpc) is 2.88. The molecule has 1 saturated heterocycles. The molecule has 6 nitrogen and oxygen atoms in total. The fourth-order valence-corrected chi connectivity index (χ4v) is 2.81. The molecule has 8 heteroatoms. The lowest BCUT2D eigenvalue weighted by atomic mass is 10.1. The average molecular weight is 356 g/mol. The van der Waals surface area contributed by atoms with Crippen LogP contribution in [0, 0.1) is 0 Å². The van der Waals surface area contributed by atoms with Gasteiger partial charge in [-0.15, -0.1) is 0 Å². The summed E-state index contributed by atoms with van der Waals surface area (Å²) in [5, 5.41) is 13.3. The molecule has 2 N–H and O–H groups in total. The molecule has 0 saturated carbocycles. The quantitative estimate of drug-likeness (QED) is 0.859. The summed E-state index contributed by atoms with van der Waals surface area (Å²) >= 11 is 12.0. The van der Waals surface area contributed by atoms with Crippen molar-refractivity contribution in [2.24, 2.45) is 5.10 Å². The van der Waals surface area contributed by atoms with Crippen LogP contribution in [0.5, 0.6) is 0 Å². The number of anilines is 1. The summed E-state index contributed by atoms with van der Waals surface area (Å²) in [5.74, 6) is 0.648. The molecule has 0 unspecified atom stereocenters. The molecule has 0 radical (unpaired) electrons. The fraction of sp³-hybridized carbons (Fsp3) is 0.467. The van der Waals surface area contributed by atoms with Gasteiger partial charge in [-0.2, -0.15) is 5.10 Å². The van der Waals surface area contributed by atoms with Gasteiger partial charge in [-0.25, -0.2) is 0 Å². The molecule has 2 aliphatic heterocycles. The van der Waals surface area contributed by atoms with Crippen molar-refractivity contribution < 1.29 is 4.79 Å². The summed E-state index contributed by atoms with van der Waals surface area (Å²) in [5.41, 5.74) is 0.862. The summed E-state index contributed by atoms with van der Waals surface area (Å²) in [6.07, 6.45) is 0.695. The van der Waals surface area contributed by atoms with Gasteiger partial charge in [0.2, 0.25) is 5.91 Å². The predicted molar refractivity (Wildman–Crippen MR) is 93.3 cm³/mol. The van der Waals surface area contributed by atoms with E-state index in [9.17, 15) is 4.79 Å². The summed E-state index contributed by atoms with van der Waals surface area (Å²) in [6.45, 7) is 2.96. The van der Waals surface area contributed by atoms with E-state index in [0.717, 1.165) is 18.8 Å². The lowest BCUT2D eigenvalue weighted by molar-refractivity contribution is -0.121. The maximum atomic E-state index is 12.1. The zero-order chi connectivity index (χ0) is 16.4. The van der Waals surface area contributed by atoms with Crippen LogP contribution in [0.1, 0.15) is 6.42 Å².